The third-order valence-electron chi connectivity index (χ3n) is 4.66. The Morgan fingerprint density at radius 2 is 1.78 bits per heavy atom. The molecule has 1 saturated heterocycles. The summed E-state index contributed by atoms with van der Waals surface area (Å²) in [4.78, 5) is 14.7. The van der Waals surface area contributed by atoms with Gasteiger partial charge in [0.15, 0.2) is 16.9 Å². The molecule has 1 aromatic heterocycles. The second-order valence-electron chi connectivity index (χ2n) is 6.27. The van der Waals surface area contributed by atoms with Crippen LogP contribution in [0.15, 0.2) is 45.6 Å². The molecule has 3 aromatic rings. The minimum Gasteiger partial charge on any atom is -0.504 e. The van der Waals surface area contributed by atoms with E-state index in [2.05, 4.69) is 4.90 Å². The van der Waals surface area contributed by atoms with Crippen molar-refractivity contribution in [2.75, 3.05) is 38.3 Å². The number of benzene rings is 2. The second kappa shape index (κ2) is 6.85. The van der Waals surface area contributed by atoms with Crippen LogP contribution in [-0.4, -0.2) is 43.6 Å². The van der Waals surface area contributed by atoms with Crippen molar-refractivity contribution in [1.29, 1.82) is 0 Å². The fourth-order valence-electron chi connectivity index (χ4n) is 3.27. The number of hydrogen-bond donors (Lipinski definition) is 2. The Kier molecular flexibility index (Phi) is 4.37. The van der Waals surface area contributed by atoms with Gasteiger partial charge >= 0.3 is 0 Å². The highest BCUT2D eigenvalue weighted by molar-refractivity contribution is 5.89. The largest absolute Gasteiger partial charge is 0.504 e. The van der Waals surface area contributed by atoms with E-state index in [1.54, 1.807) is 0 Å². The molecule has 7 nitrogen and oxygen atoms in total. The summed E-state index contributed by atoms with van der Waals surface area (Å²) in [6.07, 6.45) is 0. The van der Waals surface area contributed by atoms with Crippen molar-refractivity contribution < 1.29 is 24.1 Å². The minimum atomic E-state index is -0.435. The standard InChI is InChI=1S/C20H19NO6/c1-25-20-15(23)11-17-18(19(20)24)14(22)10-16(27-17)12-2-4-13(5-3-12)21-6-8-26-9-7-21/h2-5,10-11,23-24H,6-9H2,1H3. The molecule has 0 unspecified atom stereocenters. The Balaban J connectivity index is 1.74. The van der Waals surface area contributed by atoms with Crippen LogP contribution in [0.4, 0.5) is 5.69 Å². The molecule has 7 heteroatoms. The Hall–Kier alpha value is -3.19. The van der Waals surface area contributed by atoms with Gasteiger partial charge in [-0.05, 0) is 24.3 Å². The average Bonchev–Trinajstić information content (AvgIpc) is 2.68. The Labute approximate surface area is 155 Å². The molecule has 140 valence electrons. The van der Waals surface area contributed by atoms with Crippen molar-refractivity contribution in [3.05, 3.63) is 46.6 Å². The van der Waals surface area contributed by atoms with E-state index in [1.165, 1.54) is 19.2 Å². The molecule has 2 heterocycles. The molecule has 27 heavy (non-hydrogen) atoms. The lowest BCUT2D eigenvalue weighted by Gasteiger charge is -2.28. The smallest absolute Gasteiger partial charge is 0.203 e. The van der Waals surface area contributed by atoms with Crippen LogP contribution in [0.25, 0.3) is 22.3 Å². The van der Waals surface area contributed by atoms with Crippen LogP contribution in [-0.2, 0) is 4.74 Å². The molecular weight excluding hydrogens is 350 g/mol. The van der Waals surface area contributed by atoms with E-state index < -0.39 is 11.2 Å². The van der Waals surface area contributed by atoms with Gasteiger partial charge in [-0.3, -0.25) is 4.79 Å². The maximum Gasteiger partial charge on any atom is 0.203 e. The fraction of sp³-hybridized carbons (Fsp3) is 0.250. The molecule has 1 aliphatic heterocycles. The molecule has 0 bridgehead atoms. The Morgan fingerprint density at radius 3 is 2.44 bits per heavy atom. The van der Waals surface area contributed by atoms with Gasteiger partial charge in [0.25, 0.3) is 0 Å². The van der Waals surface area contributed by atoms with Gasteiger partial charge in [-0.1, -0.05) is 0 Å². The fourth-order valence-corrected chi connectivity index (χ4v) is 3.27. The van der Waals surface area contributed by atoms with Crippen LogP contribution < -0.4 is 15.1 Å². The van der Waals surface area contributed by atoms with Gasteiger partial charge in [-0.25, -0.2) is 0 Å². The van der Waals surface area contributed by atoms with Crippen LogP contribution in [0.5, 0.6) is 17.2 Å². The Bertz CT molecular complexity index is 1040. The summed E-state index contributed by atoms with van der Waals surface area (Å²) < 4.78 is 16.1. The summed E-state index contributed by atoms with van der Waals surface area (Å²) in [6.45, 7) is 3.09. The van der Waals surface area contributed by atoms with Gasteiger partial charge in [0.2, 0.25) is 5.75 Å². The third kappa shape index (κ3) is 3.06. The van der Waals surface area contributed by atoms with Gasteiger partial charge in [-0.15, -0.1) is 0 Å². The SMILES string of the molecule is COc1c(O)cc2oc(-c3ccc(N4CCOCC4)cc3)cc(=O)c2c1O. The lowest BCUT2D eigenvalue weighted by molar-refractivity contribution is 0.122. The van der Waals surface area contributed by atoms with Crippen molar-refractivity contribution in [1.82, 2.24) is 0 Å². The number of ether oxygens (including phenoxy) is 2. The van der Waals surface area contributed by atoms with Crippen molar-refractivity contribution in [2.45, 2.75) is 0 Å². The number of phenols is 2. The van der Waals surface area contributed by atoms with Crippen molar-refractivity contribution in [2.24, 2.45) is 0 Å². The highest BCUT2D eigenvalue weighted by atomic mass is 16.5. The molecule has 2 aromatic carbocycles. The van der Waals surface area contributed by atoms with Crippen molar-refractivity contribution >= 4 is 16.7 Å². The minimum absolute atomic E-state index is 0.0293. The van der Waals surface area contributed by atoms with Gasteiger partial charge in [0.1, 0.15) is 16.7 Å². The Morgan fingerprint density at radius 1 is 1.07 bits per heavy atom. The molecule has 4 rings (SSSR count). The van der Waals surface area contributed by atoms with Crippen LogP contribution in [0.2, 0.25) is 0 Å². The van der Waals surface area contributed by atoms with Crippen LogP contribution in [0.3, 0.4) is 0 Å². The molecule has 0 saturated carbocycles. The number of morpholine rings is 1. The number of hydrogen-bond acceptors (Lipinski definition) is 7. The molecule has 1 aliphatic rings. The average molecular weight is 369 g/mol. The number of rotatable bonds is 3. The van der Waals surface area contributed by atoms with Crippen LogP contribution in [0, 0.1) is 0 Å². The van der Waals surface area contributed by atoms with Crippen molar-refractivity contribution in [3.63, 3.8) is 0 Å². The number of anilines is 1. The first-order valence-electron chi connectivity index (χ1n) is 8.58. The summed E-state index contributed by atoms with van der Waals surface area (Å²) in [7, 11) is 1.30. The van der Waals surface area contributed by atoms with E-state index in [0.29, 0.717) is 19.0 Å². The number of methoxy groups -OCH3 is 1. The zero-order valence-electron chi connectivity index (χ0n) is 14.8. The first-order valence-corrected chi connectivity index (χ1v) is 8.58. The molecule has 0 aliphatic carbocycles. The molecule has 2 N–H and O–H groups in total. The maximum absolute atomic E-state index is 12.5. The molecule has 1 fully saturated rings. The summed E-state index contributed by atoms with van der Waals surface area (Å²) in [5, 5.41) is 20.1. The van der Waals surface area contributed by atoms with E-state index >= 15 is 0 Å². The number of phenolic OH excluding ortho intramolecular Hbond substituents is 2. The van der Waals surface area contributed by atoms with E-state index in [0.717, 1.165) is 24.3 Å². The van der Waals surface area contributed by atoms with Gasteiger partial charge in [0.05, 0.1) is 20.3 Å². The van der Waals surface area contributed by atoms with E-state index in [9.17, 15) is 15.0 Å². The predicted octanol–water partition coefficient (Wildman–Crippen LogP) is 2.72. The zero-order valence-corrected chi connectivity index (χ0v) is 14.8. The second-order valence-corrected chi connectivity index (χ2v) is 6.27. The zero-order chi connectivity index (χ0) is 19.0. The van der Waals surface area contributed by atoms with Crippen molar-refractivity contribution in [3.8, 4) is 28.6 Å². The lowest BCUT2D eigenvalue weighted by atomic mass is 10.1. The number of nitrogens with zero attached hydrogens (tertiary/aromatic N) is 1. The highest BCUT2D eigenvalue weighted by Crippen LogP contribution is 2.41. The normalized spacial score (nSPS) is 14.5. The third-order valence-corrected chi connectivity index (χ3v) is 4.66. The molecule has 0 amide bonds. The summed E-state index contributed by atoms with van der Waals surface area (Å²) in [5.41, 5.74) is 1.47. The van der Waals surface area contributed by atoms with E-state index in [-0.39, 0.29) is 22.5 Å². The van der Waals surface area contributed by atoms with Gasteiger partial charge in [-0.2, -0.15) is 0 Å². The van der Waals surface area contributed by atoms with Crippen LogP contribution in [0.1, 0.15) is 0 Å². The van der Waals surface area contributed by atoms with Gasteiger partial charge < -0.3 is 29.0 Å². The summed E-state index contributed by atoms with van der Waals surface area (Å²) in [5.74, 6) is -0.539. The molecule has 0 spiro atoms. The molecular formula is C20H19NO6. The van der Waals surface area contributed by atoms with E-state index in [1.807, 2.05) is 24.3 Å². The summed E-state index contributed by atoms with van der Waals surface area (Å²) in [6, 6.07) is 10.3. The maximum atomic E-state index is 12.5. The van der Waals surface area contributed by atoms with Gasteiger partial charge in [0, 0.05) is 36.5 Å². The number of aromatic hydroxyl groups is 2. The van der Waals surface area contributed by atoms with Crippen LogP contribution >= 0.6 is 0 Å². The van der Waals surface area contributed by atoms with E-state index in [4.69, 9.17) is 13.9 Å². The molecule has 0 atom stereocenters. The topological polar surface area (TPSA) is 92.4 Å². The number of fused-ring (bicyclic) bond motifs is 1. The monoisotopic (exact) mass is 369 g/mol. The first-order chi connectivity index (χ1) is 13.1. The predicted molar refractivity (Wildman–Crippen MR) is 101 cm³/mol. The quantitative estimate of drug-likeness (QED) is 0.733. The molecule has 0 radical (unpaired) electrons. The lowest BCUT2D eigenvalue weighted by Crippen LogP contribution is -2.36. The highest BCUT2D eigenvalue weighted by Gasteiger charge is 2.18. The first kappa shape index (κ1) is 17.2. The summed E-state index contributed by atoms with van der Waals surface area (Å²) >= 11 is 0.